The number of carbonyl (C=O) groups is 1. The van der Waals surface area contributed by atoms with Crippen molar-refractivity contribution < 1.29 is 14.6 Å². The van der Waals surface area contributed by atoms with Gasteiger partial charge in [0, 0.05) is 10.6 Å². The van der Waals surface area contributed by atoms with Crippen LogP contribution in [-0.2, 0) is 4.79 Å². The minimum Gasteiger partial charge on any atom is -0.482 e. The highest BCUT2D eigenvalue weighted by Gasteiger charge is 2.14. The first-order valence-electron chi connectivity index (χ1n) is 14.1. The summed E-state index contributed by atoms with van der Waals surface area (Å²) in [6.45, 7) is 3.83. The van der Waals surface area contributed by atoms with Gasteiger partial charge in [-0.2, -0.15) is 0 Å². The molecule has 4 heteroatoms. The van der Waals surface area contributed by atoms with E-state index < -0.39 is 5.97 Å². The van der Waals surface area contributed by atoms with E-state index in [-0.39, 0.29) is 6.61 Å². The molecule has 5 rings (SSSR count). The number of thioether (sulfide) groups is 1. The summed E-state index contributed by atoms with van der Waals surface area (Å²) in [5, 5.41) is 8.94. The van der Waals surface area contributed by atoms with Gasteiger partial charge < -0.3 is 9.84 Å². The Morgan fingerprint density at radius 1 is 0.690 bits per heavy atom. The quantitative estimate of drug-likeness (QED) is 0.161. The minimum atomic E-state index is -0.980. The summed E-state index contributed by atoms with van der Waals surface area (Å²) in [6, 6.07) is 44.7. The van der Waals surface area contributed by atoms with Gasteiger partial charge in [0.1, 0.15) is 5.75 Å². The van der Waals surface area contributed by atoms with Crippen LogP contribution in [-0.4, -0.2) is 23.4 Å². The average molecular weight is 571 g/mol. The summed E-state index contributed by atoms with van der Waals surface area (Å²) < 4.78 is 5.42. The van der Waals surface area contributed by atoms with Gasteiger partial charge in [-0.05, 0) is 76.1 Å². The van der Waals surface area contributed by atoms with Gasteiger partial charge in [0.05, 0.1) is 0 Å². The Morgan fingerprint density at radius 2 is 1.19 bits per heavy atom. The number of aliphatic carboxylic acids is 1. The van der Waals surface area contributed by atoms with Gasteiger partial charge in [-0.15, -0.1) is 11.8 Å². The van der Waals surface area contributed by atoms with Crippen molar-refractivity contribution >= 4 is 23.3 Å². The predicted octanol–water partition coefficient (Wildman–Crippen LogP) is 9.80. The van der Waals surface area contributed by atoms with E-state index in [0.29, 0.717) is 5.75 Å². The molecule has 0 heterocycles. The van der Waals surface area contributed by atoms with Crippen LogP contribution in [0.4, 0.5) is 0 Å². The summed E-state index contributed by atoms with van der Waals surface area (Å²) in [5.41, 5.74) is 10.8. The molecule has 0 fully saturated rings. The molecule has 0 saturated carbocycles. The molecule has 5 aromatic carbocycles. The van der Waals surface area contributed by atoms with E-state index in [9.17, 15) is 4.79 Å². The van der Waals surface area contributed by atoms with Crippen molar-refractivity contribution in [3.05, 3.63) is 150 Å². The molecule has 0 amide bonds. The van der Waals surface area contributed by atoms with Gasteiger partial charge in [0.25, 0.3) is 0 Å². The van der Waals surface area contributed by atoms with Crippen molar-refractivity contribution in [1.29, 1.82) is 0 Å². The van der Waals surface area contributed by atoms with Crippen LogP contribution in [0.2, 0.25) is 0 Å². The number of benzene rings is 5. The topological polar surface area (TPSA) is 46.5 Å². The van der Waals surface area contributed by atoms with Crippen molar-refractivity contribution in [3.8, 4) is 28.0 Å². The summed E-state index contributed by atoms with van der Waals surface area (Å²) in [4.78, 5) is 12.0. The Labute approximate surface area is 252 Å². The molecule has 210 valence electrons. The molecule has 0 atom stereocenters. The van der Waals surface area contributed by atoms with Crippen LogP contribution in [0.3, 0.4) is 0 Å². The van der Waals surface area contributed by atoms with Gasteiger partial charge in [0.15, 0.2) is 6.61 Å². The van der Waals surface area contributed by atoms with Gasteiger partial charge in [0.2, 0.25) is 0 Å². The number of hydrogen-bond acceptors (Lipinski definition) is 3. The normalized spacial score (nSPS) is 10.7. The number of rotatable bonds is 11. The highest BCUT2D eigenvalue weighted by molar-refractivity contribution is 7.99. The molecule has 0 aliphatic carbocycles. The molecule has 5 aromatic rings. The van der Waals surface area contributed by atoms with Crippen molar-refractivity contribution in [3.63, 3.8) is 0 Å². The maximum Gasteiger partial charge on any atom is 0.341 e. The molecular weight excluding hydrogens is 536 g/mol. The lowest BCUT2D eigenvalue weighted by atomic mass is 9.90. The zero-order valence-corrected chi connectivity index (χ0v) is 24.7. The van der Waals surface area contributed by atoms with E-state index in [2.05, 4.69) is 110 Å². The van der Waals surface area contributed by atoms with E-state index >= 15 is 0 Å². The smallest absolute Gasteiger partial charge is 0.341 e. The number of hydrogen-bond donors (Lipinski definition) is 1. The molecule has 3 nitrogen and oxygen atoms in total. The number of carboxylic acids is 1. The lowest BCUT2D eigenvalue weighted by Gasteiger charge is -2.17. The van der Waals surface area contributed by atoms with Gasteiger partial charge in [-0.1, -0.05) is 122 Å². The average Bonchev–Trinajstić information content (AvgIpc) is 3.03. The second kappa shape index (κ2) is 13.9. The molecular formula is C38H34O3S. The Morgan fingerprint density at radius 3 is 1.64 bits per heavy atom. The number of ether oxygens (including phenoxy) is 1. The SMILES string of the molecule is CCC(CSc1ccc(OCC(=O)O)c(C)c1)=C(c1ccc(-c2ccccc2)cc1)c1ccc(-c2ccccc2)cc1. The van der Waals surface area contributed by atoms with Crippen molar-refractivity contribution in [2.45, 2.75) is 25.2 Å². The van der Waals surface area contributed by atoms with Gasteiger partial charge in [-0.25, -0.2) is 4.79 Å². The largest absolute Gasteiger partial charge is 0.482 e. The summed E-state index contributed by atoms with van der Waals surface area (Å²) in [7, 11) is 0. The van der Waals surface area contributed by atoms with E-state index in [0.717, 1.165) is 22.6 Å². The van der Waals surface area contributed by atoms with Crippen LogP contribution in [0.25, 0.3) is 27.8 Å². The first kappa shape index (κ1) is 29.0. The molecule has 0 spiro atoms. The van der Waals surface area contributed by atoms with E-state index in [1.165, 1.54) is 44.5 Å². The van der Waals surface area contributed by atoms with Crippen LogP contribution in [0, 0.1) is 6.92 Å². The monoisotopic (exact) mass is 570 g/mol. The van der Waals surface area contributed by atoms with Gasteiger partial charge in [-0.3, -0.25) is 0 Å². The molecule has 0 aliphatic rings. The lowest BCUT2D eigenvalue weighted by molar-refractivity contribution is -0.139. The third kappa shape index (κ3) is 7.20. The second-order valence-corrected chi connectivity index (χ2v) is 11.2. The van der Waals surface area contributed by atoms with Crippen LogP contribution in [0.5, 0.6) is 5.75 Å². The first-order chi connectivity index (χ1) is 20.5. The zero-order chi connectivity index (χ0) is 29.3. The minimum absolute atomic E-state index is 0.342. The third-order valence-electron chi connectivity index (χ3n) is 7.25. The summed E-state index contributed by atoms with van der Waals surface area (Å²) in [6.07, 6.45) is 0.919. The zero-order valence-electron chi connectivity index (χ0n) is 23.9. The molecule has 42 heavy (non-hydrogen) atoms. The van der Waals surface area contributed by atoms with Gasteiger partial charge >= 0.3 is 5.97 Å². The van der Waals surface area contributed by atoms with Crippen molar-refractivity contribution in [2.24, 2.45) is 0 Å². The highest BCUT2D eigenvalue weighted by atomic mass is 32.2. The molecule has 0 aromatic heterocycles. The Hall–Kier alpha value is -4.54. The fraction of sp³-hybridized carbons (Fsp3) is 0.132. The van der Waals surface area contributed by atoms with E-state index in [1.807, 2.05) is 31.2 Å². The van der Waals surface area contributed by atoms with Crippen LogP contribution in [0.1, 0.15) is 30.0 Å². The molecule has 0 saturated heterocycles. The Kier molecular flexibility index (Phi) is 9.58. The number of carboxylic acid groups (broad SMARTS) is 1. The van der Waals surface area contributed by atoms with Crippen molar-refractivity contribution in [2.75, 3.05) is 12.4 Å². The fourth-order valence-electron chi connectivity index (χ4n) is 5.03. The maximum atomic E-state index is 10.9. The highest BCUT2D eigenvalue weighted by Crippen LogP contribution is 2.35. The van der Waals surface area contributed by atoms with E-state index in [4.69, 9.17) is 9.84 Å². The van der Waals surface area contributed by atoms with Crippen LogP contribution < -0.4 is 4.74 Å². The summed E-state index contributed by atoms with van der Waals surface area (Å²) >= 11 is 1.79. The Bertz CT molecular complexity index is 1570. The standard InChI is InChI=1S/C38H34O3S/c1-3-28(26-42-35-22-23-36(27(2)24-35)41-25-37(39)40)38(33-18-14-31(15-19-33)29-10-6-4-7-11-29)34-20-16-32(17-21-34)30-12-8-5-9-13-30/h4-24H,3,25-26H2,1-2H3,(H,39,40). The molecule has 1 N–H and O–H groups in total. The molecule has 0 unspecified atom stereocenters. The fourth-order valence-corrected chi connectivity index (χ4v) is 6.14. The molecule has 0 radical (unpaired) electrons. The molecule has 0 bridgehead atoms. The second-order valence-electron chi connectivity index (χ2n) is 10.1. The van der Waals surface area contributed by atoms with Crippen LogP contribution in [0.15, 0.2) is 138 Å². The number of aryl methyl sites for hydroxylation is 1. The lowest BCUT2D eigenvalue weighted by Crippen LogP contribution is -2.10. The Balaban J connectivity index is 1.47. The molecule has 0 aliphatic heterocycles. The van der Waals surface area contributed by atoms with Crippen LogP contribution >= 0.6 is 11.8 Å². The van der Waals surface area contributed by atoms with Crippen molar-refractivity contribution in [1.82, 2.24) is 0 Å². The summed E-state index contributed by atoms with van der Waals surface area (Å²) in [5.74, 6) is 0.457. The maximum absolute atomic E-state index is 10.9. The first-order valence-corrected chi connectivity index (χ1v) is 15.1. The van der Waals surface area contributed by atoms with E-state index in [1.54, 1.807) is 11.8 Å². The predicted molar refractivity (Wildman–Crippen MR) is 175 cm³/mol. The third-order valence-corrected chi connectivity index (χ3v) is 8.33.